The summed E-state index contributed by atoms with van der Waals surface area (Å²) in [5.74, 6) is 0. The van der Waals surface area contributed by atoms with E-state index in [0.717, 1.165) is 72.0 Å². The van der Waals surface area contributed by atoms with E-state index in [1.54, 1.807) is 0 Å². The second-order valence-corrected chi connectivity index (χ2v) is 20.2. The fraction of sp³-hybridized carbons (Fsp3) is 0.0448. The molecule has 0 spiro atoms. The molecule has 0 atom stereocenters. The van der Waals surface area contributed by atoms with Crippen LogP contribution in [0.1, 0.15) is 25.0 Å². The number of hydrogen-bond donors (Lipinski definition) is 0. The number of benzene rings is 11. The van der Waals surface area contributed by atoms with Gasteiger partial charge in [0.15, 0.2) is 0 Å². The molecule has 11 aromatic carbocycles. The quantitative estimate of drug-likeness (QED) is 0.158. The third kappa shape index (κ3) is 6.25. The van der Waals surface area contributed by atoms with Gasteiger partial charge in [-0.3, -0.25) is 0 Å². The van der Waals surface area contributed by atoms with E-state index in [1.807, 2.05) is 11.3 Å². The van der Waals surface area contributed by atoms with Gasteiger partial charge in [0.1, 0.15) is 11.2 Å². The first-order chi connectivity index (χ1) is 34.5. The Morgan fingerprint density at radius 2 is 0.986 bits per heavy atom. The molecule has 70 heavy (non-hydrogen) atoms. The number of fused-ring (bicyclic) bond motifs is 11. The Morgan fingerprint density at radius 3 is 1.89 bits per heavy atom. The maximum Gasteiger partial charge on any atom is 0.143 e. The molecule has 0 bridgehead atoms. The smallest absolute Gasteiger partial charge is 0.143 e. The van der Waals surface area contributed by atoms with Gasteiger partial charge in [-0.2, -0.15) is 0 Å². The van der Waals surface area contributed by atoms with E-state index in [9.17, 15) is 0 Å². The van der Waals surface area contributed by atoms with E-state index in [0.29, 0.717) is 0 Å². The number of para-hydroxylation sites is 1. The molecule has 0 aliphatic heterocycles. The minimum absolute atomic E-state index is 0.197. The van der Waals surface area contributed by atoms with E-state index in [-0.39, 0.29) is 5.41 Å². The SMILES string of the molecule is CC1(C)c2ccccc2-c2ccc(N(c3cccc(-c4cccc5c4sc4ccccc45)c3)c3cccc(-c4cccc(-c5ccccc5)c4)c3-c3cccc4c3oc3c5ccccc5ccc43)cc21. The molecule has 1 aliphatic carbocycles. The van der Waals surface area contributed by atoms with E-state index in [4.69, 9.17) is 4.42 Å². The highest BCUT2D eigenvalue weighted by molar-refractivity contribution is 7.26. The number of hydrogen-bond acceptors (Lipinski definition) is 3. The Hall–Kier alpha value is -8.50. The number of nitrogens with zero attached hydrogens (tertiary/aromatic N) is 1. The van der Waals surface area contributed by atoms with Crippen molar-refractivity contribution in [1.29, 1.82) is 0 Å². The van der Waals surface area contributed by atoms with Gasteiger partial charge in [0.25, 0.3) is 0 Å². The number of furan rings is 1. The van der Waals surface area contributed by atoms with Crippen molar-refractivity contribution in [2.45, 2.75) is 19.3 Å². The van der Waals surface area contributed by atoms with Crippen LogP contribution in [-0.4, -0.2) is 0 Å². The minimum Gasteiger partial charge on any atom is -0.455 e. The zero-order valence-electron chi connectivity index (χ0n) is 38.8. The van der Waals surface area contributed by atoms with Crippen molar-refractivity contribution in [3.8, 4) is 55.6 Å². The van der Waals surface area contributed by atoms with Gasteiger partial charge in [-0.15, -0.1) is 11.3 Å². The summed E-state index contributed by atoms with van der Waals surface area (Å²) in [7, 11) is 0. The second kappa shape index (κ2) is 15.8. The molecule has 0 amide bonds. The molecule has 330 valence electrons. The predicted octanol–water partition coefficient (Wildman–Crippen LogP) is 19.6. The first-order valence-electron chi connectivity index (χ1n) is 24.2. The highest BCUT2D eigenvalue weighted by Gasteiger charge is 2.36. The summed E-state index contributed by atoms with van der Waals surface area (Å²) in [6, 6.07) is 87.0. The Labute approximate surface area is 411 Å². The van der Waals surface area contributed by atoms with Crippen molar-refractivity contribution in [3.05, 3.63) is 248 Å². The monoisotopic (exact) mass is 911 g/mol. The topological polar surface area (TPSA) is 16.4 Å². The number of thiophene rings is 1. The highest BCUT2D eigenvalue weighted by Crippen LogP contribution is 2.54. The lowest BCUT2D eigenvalue weighted by atomic mass is 9.82. The van der Waals surface area contributed by atoms with Crippen LogP contribution in [0.4, 0.5) is 17.1 Å². The van der Waals surface area contributed by atoms with Crippen LogP contribution in [-0.2, 0) is 5.41 Å². The van der Waals surface area contributed by atoms with Gasteiger partial charge in [0, 0.05) is 64.2 Å². The normalized spacial score (nSPS) is 12.8. The summed E-state index contributed by atoms with van der Waals surface area (Å²) in [6.45, 7) is 4.74. The van der Waals surface area contributed by atoms with Crippen LogP contribution >= 0.6 is 11.3 Å². The fourth-order valence-corrected chi connectivity index (χ4v) is 12.8. The van der Waals surface area contributed by atoms with Crippen molar-refractivity contribution in [2.75, 3.05) is 4.90 Å². The average Bonchev–Trinajstić information content (AvgIpc) is 4.07. The summed E-state index contributed by atoms with van der Waals surface area (Å²) < 4.78 is 9.83. The maximum absolute atomic E-state index is 7.23. The number of anilines is 3. The number of rotatable bonds is 7. The van der Waals surface area contributed by atoms with E-state index < -0.39 is 0 Å². The summed E-state index contributed by atoms with van der Waals surface area (Å²) in [6.07, 6.45) is 0. The van der Waals surface area contributed by atoms with Gasteiger partial charge in [0.05, 0.1) is 5.69 Å². The van der Waals surface area contributed by atoms with Gasteiger partial charge in [-0.25, -0.2) is 0 Å². The molecule has 0 unspecified atom stereocenters. The predicted molar refractivity (Wildman–Crippen MR) is 298 cm³/mol. The Bertz CT molecular complexity index is 4230. The first kappa shape index (κ1) is 40.6. The third-order valence-corrected chi connectivity index (χ3v) is 16.1. The standard InChI is InChI=1S/C67H45NOS/c1-67(2)59-32-10-8-25-52(59)53-38-36-48(41-60(53)67)68(47-23-13-22-46(40-47)51-28-14-30-57-54-26-9-11-34-62(54)70-66(51)57)61-33-16-27-49(45-21-12-20-44(39-45)42-17-4-3-5-18-42)63(61)58-31-15-29-55-56-37-35-43-19-6-7-24-50(43)64(56)69-65(55)58/h3-41H,1-2H3. The van der Waals surface area contributed by atoms with Crippen LogP contribution in [0.15, 0.2) is 241 Å². The fourth-order valence-electron chi connectivity index (χ4n) is 11.5. The van der Waals surface area contributed by atoms with E-state index in [1.165, 1.54) is 64.7 Å². The molecule has 0 radical (unpaired) electrons. The maximum atomic E-state index is 7.23. The molecule has 2 heterocycles. The van der Waals surface area contributed by atoms with Crippen molar-refractivity contribution >= 4 is 81.3 Å². The Kier molecular flexibility index (Phi) is 9.14. The lowest BCUT2D eigenvalue weighted by Gasteiger charge is -2.31. The zero-order chi connectivity index (χ0) is 46.5. The van der Waals surface area contributed by atoms with Crippen LogP contribution in [0.2, 0.25) is 0 Å². The molecular formula is C67H45NOS. The van der Waals surface area contributed by atoms with Gasteiger partial charge in [0.2, 0.25) is 0 Å². The van der Waals surface area contributed by atoms with Gasteiger partial charge < -0.3 is 9.32 Å². The van der Waals surface area contributed by atoms with E-state index in [2.05, 4.69) is 255 Å². The van der Waals surface area contributed by atoms with Crippen LogP contribution < -0.4 is 4.90 Å². The molecule has 2 nitrogen and oxygen atoms in total. The van der Waals surface area contributed by atoms with Crippen LogP contribution in [0.3, 0.4) is 0 Å². The molecule has 0 N–H and O–H groups in total. The second-order valence-electron chi connectivity index (χ2n) is 19.2. The molecule has 14 rings (SSSR count). The molecular weight excluding hydrogens is 867 g/mol. The molecule has 2 aromatic heterocycles. The third-order valence-electron chi connectivity index (χ3n) is 14.9. The molecule has 0 saturated carbocycles. The molecule has 13 aromatic rings. The molecule has 3 heteroatoms. The molecule has 1 aliphatic rings. The van der Waals surface area contributed by atoms with Crippen molar-refractivity contribution in [2.24, 2.45) is 0 Å². The van der Waals surface area contributed by atoms with Crippen LogP contribution in [0.25, 0.3) is 109 Å². The van der Waals surface area contributed by atoms with E-state index >= 15 is 0 Å². The van der Waals surface area contributed by atoms with Crippen LogP contribution in [0, 0.1) is 0 Å². The van der Waals surface area contributed by atoms with Crippen molar-refractivity contribution < 1.29 is 4.42 Å². The van der Waals surface area contributed by atoms with Crippen molar-refractivity contribution in [3.63, 3.8) is 0 Å². The van der Waals surface area contributed by atoms with Gasteiger partial charge in [-0.05, 0) is 110 Å². The largest absolute Gasteiger partial charge is 0.455 e. The first-order valence-corrected chi connectivity index (χ1v) is 25.0. The lowest BCUT2D eigenvalue weighted by molar-refractivity contribution is 0.660. The average molecular weight is 912 g/mol. The van der Waals surface area contributed by atoms with Crippen molar-refractivity contribution in [1.82, 2.24) is 0 Å². The molecule has 0 fully saturated rings. The van der Waals surface area contributed by atoms with Gasteiger partial charge in [-0.1, -0.05) is 202 Å². The summed E-state index contributed by atoms with van der Waals surface area (Å²) >= 11 is 1.88. The zero-order valence-corrected chi connectivity index (χ0v) is 39.6. The summed E-state index contributed by atoms with van der Waals surface area (Å²) in [5, 5.41) is 7.07. The lowest BCUT2D eigenvalue weighted by Crippen LogP contribution is -2.17. The van der Waals surface area contributed by atoms with Gasteiger partial charge >= 0.3 is 0 Å². The Balaban J connectivity index is 1.06. The Morgan fingerprint density at radius 1 is 0.371 bits per heavy atom. The van der Waals surface area contributed by atoms with Crippen LogP contribution in [0.5, 0.6) is 0 Å². The highest BCUT2D eigenvalue weighted by atomic mass is 32.1. The summed E-state index contributed by atoms with van der Waals surface area (Å²) in [4.78, 5) is 2.50. The summed E-state index contributed by atoms with van der Waals surface area (Å²) in [5.41, 5.74) is 19.2. The minimum atomic E-state index is -0.197. The molecule has 0 saturated heterocycles.